The zero-order valence-corrected chi connectivity index (χ0v) is 29.7. The van der Waals surface area contributed by atoms with Crippen LogP contribution >= 0.6 is 0 Å². The predicted molar refractivity (Wildman–Crippen MR) is 156 cm³/mol. The summed E-state index contributed by atoms with van der Waals surface area (Å²) < 4.78 is 11.4. The topological polar surface area (TPSA) is 9.23 Å². The summed E-state index contributed by atoms with van der Waals surface area (Å²) in [6.45, 7) is 29.7. The van der Waals surface area contributed by atoms with E-state index in [2.05, 4.69) is 105 Å². The summed E-state index contributed by atoms with van der Waals surface area (Å²) in [6.07, 6.45) is 8.56. The molecule has 0 bridgehead atoms. The van der Waals surface area contributed by atoms with Crippen molar-refractivity contribution in [3.63, 3.8) is 0 Å². The minimum absolute atomic E-state index is 0.0574. The first-order valence-corrected chi connectivity index (χ1v) is 26.4. The second-order valence-corrected chi connectivity index (χ2v) is 36.2. The third-order valence-corrected chi connectivity index (χ3v) is 39.9. The van der Waals surface area contributed by atoms with Crippen LogP contribution in [0.1, 0.15) is 70.6 Å². The van der Waals surface area contributed by atoms with Crippen LogP contribution in [-0.4, -0.2) is 23.3 Å². The standard InChI is InChI=1S/C22H31O.2C4H11Si.Y/c1-8-22(9-2,17-12-10-11-13-17)19-15-16(3)14-18(20(19)23-7)21(4,5)6;2*1-5(2,3)4;/h10-11,14-15H,8-9,12H2,1-7H3;2*1H2,2-4H3;. The van der Waals surface area contributed by atoms with Crippen molar-refractivity contribution in [2.75, 3.05) is 7.11 Å². The molecule has 0 aromatic heterocycles. The number of benzene rings is 1. The van der Waals surface area contributed by atoms with Gasteiger partial charge in [0.2, 0.25) is 0 Å². The normalized spacial score (nSPS) is 15.3. The zero-order valence-electron chi connectivity index (χ0n) is 24.8. The van der Waals surface area contributed by atoms with Crippen molar-refractivity contribution < 1.29 is 32.2 Å². The van der Waals surface area contributed by atoms with Crippen LogP contribution in [-0.2, 0) is 38.3 Å². The fourth-order valence-corrected chi connectivity index (χ4v) is 41.7. The van der Waals surface area contributed by atoms with Gasteiger partial charge in [-0.25, -0.2) is 0 Å². The molecule has 0 spiro atoms. The average molecular weight is 575 g/mol. The first kappa shape index (κ1) is 30.3. The van der Waals surface area contributed by atoms with E-state index in [4.69, 9.17) is 4.74 Å². The van der Waals surface area contributed by atoms with E-state index in [-0.39, 0.29) is 10.8 Å². The minimum atomic E-state index is -1.95. The molecule has 1 nitrogen and oxygen atoms in total. The van der Waals surface area contributed by atoms with E-state index in [0.717, 1.165) is 25.0 Å². The van der Waals surface area contributed by atoms with Gasteiger partial charge in [-0.2, -0.15) is 0 Å². The molecule has 4 heteroatoms. The molecule has 1 aromatic carbocycles. The number of aryl methyl sites for hydroxylation is 1. The van der Waals surface area contributed by atoms with Gasteiger partial charge in [0.05, 0.1) is 0 Å². The Morgan fingerprint density at radius 1 is 0.882 bits per heavy atom. The number of hydrogen-bond acceptors (Lipinski definition) is 1. The Labute approximate surface area is 225 Å². The third kappa shape index (κ3) is 7.08. The molecule has 0 N–H and O–H groups in total. The van der Waals surface area contributed by atoms with Crippen molar-refractivity contribution >= 4 is 16.1 Å². The molecule has 1 aromatic rings. The third-order valence-electron chi connectivity index (χ3n) is 7.67. The molecule has 0 radical (unpaired) electrons. The van der Waals surface area contributed by atoms with Crippen molar-refractivity contribution in [3.05, 3.63) is 48.9 Å². The zero-order chi connectivity index (χ0) is 26.1. The number of ether oxygens (including phenoxy) is 1. The Balaban J connectivity index is 2.85. The first-order chi connectivity index (χ1) is 15.5. The number of allylic oxidation sites excluding steroid dienone is 4. The van der Waals surface area contributed by atoms with Crippen molar-refractivity contribution in [1.29, 1.82) is 0 Å². The van der Waals surface area contributed by atoms with E-state index in [1.807, 2.05) is 9.49 Å². The van der Waals surface area contributed by atoms with Crippen molar-refractivity contribution in [2.24, 2.45) is 0 Å². The number of methoxy groups -OCH3 is 1. The van der Waals surface area contributed by atoms with E-state index in [9.17, 15) is 0 Å². The molecule has 34 heavy (non-hydrogen) atoms. The van der Waals surface area contributed by atoms with Crippen LogP contribution in [0.5, 0.6) is 5.75 Å². The maximum absolute atomic E-state index is 6.27. The summed E-state index contributed by atoms with van der Waals surface area (Å²) in [6, 6.07) is 4.82. The fourth-order valence-electron chi connectivity index (χ4n) is 6.27. The molecule has 0 amide bonds. The van der Waals surface area contributed by atoms with Gasteiger partial charge in [-0.05, 0) is 0 Å². The average Bonchev–Trinajstić information content (AvgIpc) is 3.16. The fraction of sp³-hybridized carbons (Fsp3) is 0.667. The quantitative estimate of drug-likeness (QED) is 0.253. The molecule has 190 valence electrons. The molecular formula is C30H53OSi2Y. The molecule has 0 atom stereocenters. The monoisotopic (exact) mass is 574 g/mol. The van der Waals surface area contributed by atoms with Crippen molar-refractivity contribution in [1.82, 2.24) is 0 Å². The molecule has 1 aliphatic carbocycles. The molecule has 0 heterocycles. The molecular weight excluding hydrogens is 521 g/mol. The van der Waals surface area contributed by atoms with Crippen LogP contribution in [0.15, 0.2) is 32.2 Å². The van der Waals surface area contributed by atoms with Gasteiger partial charge in [-0.15, -0.1) is 0 Å². The van der Waals surface area contributed by atoms with E-state index in [1.54, 1.807) is 11.3 Å². The second kappa shape index (κ2) is 11.2. The van der Waals surface area contributed by atoms with Crippen LogP contribution in [0.2, 0.25) is 45.0 Å². The second-order valence-electron chi connectivity index (χ2n) is 14.2. The van der Waals surface area contributed by atoms with Crippen molar-refractivity contribution in [3.8, 4) is 5.75 Å². The Kier molecular flexibility index (Phi) is 9.96. The number of rotatable bonds is 10. The van der Waals surface area contributed by atoms with Crippen LogP contribution in [0, 0.1) is 6.92 Å². The van der Waals surface area contributed by atoms with Gasteiger partial charge in [0.1, 0.15) is 0 Å². The van der Waals surface area contributed by atoms with Gasteiger partial charge in [0.15, 0.2) is 0 Å². The molecule has 0 fully saturated rings. The first-order valence-electron chi connectivity index (χ1n) is 13.6. The van der Waals surface area contributed by atoms with Crippen LogP contribution in [0.3, 0.4) is 0 Å². The summed E-state index contributed by atoms with van der Waals surface area (Å²) >= 11 is -1.95. The number of hydrogen-bond donors (Lipinski definition) is 0. The van der Waals surface area contributed by atoms with E-state index < -0.39 is 43.6 Å². The van der Waals surface area contributed by atoms with Crippen LogP contribution in [0.25, 0.3) is 0 Å². The van der Waals surface area contributed by atoms with Gasteiger partial charge in [0.25, 0.3) is 0 Å². The molecule has 1 aliphatic rings. The predicted octanol–water partition coefficient (Wildman–Crippen LogP) is 9.78. The Hall–Kier alpha value is 0.0377. The van der Waals surface area contributed by atoms with Crippen LogP contribution < -0.4 is 4.74 Å². The van der Waals surface area contributed by atoms with Gasteiger partial charge in [-0.1, -0.05) is 0 Å². The molecule has 0 saturated carbocycles. The van der Waals surface area contributed by atoms with Gasteiger partial charge in [0, 0.05) is 0 Å². The van der Waals surface area contributed by atoms with Crippen molar-refractivity contribution in [2.45, 2.75) is 117 Å². The van der Waals surface area contributed by atoms with E-state index in [0.29, 0.717) is 0 Å². The Morgan fingerprint density at radius 3 is 1.79 bits per heavy atom. The SMILES string of the molecule is CCC(CC)(C1=[C]([Y]([CH2][Si](C)(C)C)[CH2][Si](C)(C)C)C=CC1)c1cc(C)cc(C(C)(C)C)c1OC. The van der Waals surface area contributed by atoms with Gasteiger partial charge < -0.3 is 0 Å². The molecule has 0 aliphatic heterocycles. The summed E-state index contributed by atoms with van der Waals surface area (Å²) in [5, 5.41) is 0. The molecule has 0 unspecified atom stereocenters. The Morgan fingerprint density at radius 2 is 1.38 bits per heavy atom. The van der Waals surface area contributed by atoms with E-state index >= 15 is 0 Å². The summed E-state index contributed by atoms with van der Waals surface area (Å²) in [5.41, 5.74) is 6.08. The summed E-state index contributed by atoms with van der Waals surface area (Å²) in [4.78, 5) is 0. The van der Waals surface area contributed by atoms with Gasteiger partial charge in [-0.3, -0.25) is 0 Å². The summed E-state index contributed by atoms with van der Waals surface area (Å²) in [7, 11) is -0.338. The summed E-state index contributed by atoms with van der Waals surface area (Å²) in [5.74, 6) is 1.14. The van der Waals surface area contributed by atoms with Gasteiger partial charge >= 0.3 is 227 Å². The maximum atomic E-state index is 6.27. The Bertz CT molecular complexity index is 903. The van der Waals surface area contributed by atoms with E-state index in [1.165, 1.54) is 16.7 Å². The molecule has 2 rings (SSSR count). The molecule has 0 saturated heterocycles. The van der Waals surface area contributed by atoms with Crippen LogP contribution in [0.4, 0.5) is 0 Å².